The summed E-state index contributed by atoms with van der Waals surface area (Å²) in [6.45, 7) is 0.653. The molecule has 222 valence electrons. The third-order valence-corrected chi connectivity index (χ3v) is 6.82. The minimum Gasteiger partial charge on any atom is -0.480 e. The third-order valence-electron chi connectivity index (χ3n) is 6.82. The van der Waals surface area contributed by atoms with Crippen molar-refractivity contribution in [2.45, 2.75) is 58.0 Å². The molecule has 1 fully saturated rings. The van der Waals surface area contributed by atoms with Crippen molar-refractivity contribution in [3.05, 3.63) is 59.8 Å². The second kappa shape index (κ2) is 11.5. The minimum absolute atomic E-state index is 0.193. The average Bonchev–Trinajstić information content (AvgIpc) is 3.68. The Balaban J connectivity index is 1.46. The van der Waals surface area contributed by atoms with E-state index in [1.807, 2.05) is 0 Å². The normalized spacial score (nSPS) is 13.6. The lowest BCUT2D eigenvalue weighted by Gasteiger charge is -2.22. The second-order valence-corrected chi connectivity index (χ2v) is 10.2. The Morgan fingerprint density at radius 3 is 2.36 bits per heavy atom. The molecule has 42 heavy (non-hydrogen) atoms. The number of halogens is 5. The predicted molar refractivity (Wildman–Crippen MR) is 143 cm³/mol. The summed E-state index contributed by atoms with van der Waals surface area (Å²) in [7, 11) is 3.15. The van der Waals surface area contributed by atoms with Crippen molar-refractivity contribution in [2.24, 2.45) is 0 Å². The number of alkyl halides is 5. The Morgan fingerprint density at radius 2 is 1.76 bits per heavy atom. The van der Waals surface area contributed by atoms with Crippen molar-refractivity contribution in [1.29, 1.82) is 0 Å². The van der Waals surface area contributed by atoms with Gasteiger partial charge in [-0.3, -0.25) is 0 Å². The van der Waals surface area contributed by atoms with E-state index in [1.54, 1.807) is 56.1 Å². The first kappa shape index (κ1) is 29.1. The Hall–Kier alpha value is -4.36. The predicted octanol–water partition coefficient (Wildman–Crippen LogP) is 6.52. The highest BCUT2D eigenvalue weighted by molar-refractivity contribution is 5.73. The van der Waals surface area contributed by atoms with Crippen molar-refractivity contribution >= 4 is 5.69 Å². The molecule has 0 spiro atoms. The number of methoxy groups -OCH3 is 1. The summed E-state index contributed by atoms with van der Waals surface area (Å²) in [6.07, 6.45) is -0.258. The maximum absolute atomic E-state index is 13.3. The van der Waals surface area contributed by atoms with Gasteiger partial charge in [-0.1, -0.05) is 24.3 Å². The molecule has 14 heteroatoms. The highest BCUT2D eigenvalue weighted by Crippen LogP contribution is 2.46. The van der Waals surface area contributed by atoms with Gasteiger partial charge in [-0.25, -0.2) is 15.0 Å². The summed E-state index contributed by atoms with van der Waals surface area (Å²) in [5, 5.41) is 8.08. The quantitative estimate of drug-likeness (QED) is 0.193. The molecular formula is C28H28F5N7O2. The van der Waals surface area contributed by atoms with Gasteiger partial charge >= 0.3 is 12.8 Å². The molecule has 1 aromatic carbocycles. The van der Waals surface area contributed by atoms with Crippen LogP contribution < -0.4 is 14.4 Å². The summed E-state index contributed by atoms with van der Waals surface area (Å²) in [6, 6.07) is 8.15. The van der Waals surface area contributed by atoms with E-state index in [9.17, 15) is 22.0 Å². The molecule has 3 aromatic heterocycles. The molecule has 1 aliphatic rings. The average molecular weight is 590 g/mol. The molecule has 0 atom stereocenters. The fourth-order valence-corrected chi connectivity index (χ4v) is 4.63. The lowest BCUT2D eigenvalue weighted by molar-refractivity contribution is -0.140. The topological polar surface area (TPSA) is 91.1 Å². The van der Waals surface area contributed by atoms with Gasteiger partial charge in [-0.2, -0.15) is 22.0 Å². The highest BCUT2D eigenvalue weighted by Gasteiger charge is 2.35. The van der Waals surface area contributed by atoms with Gasteiger partial charge in [0, 0.05) is 37.3 Å². The van der Waals surface area contributed by atoms with Crippen LogP contribution >= 0.6 is 0 Å². The number of anilines is 1. The van der Waals surface area contributed by atoms with Crippen LogP contribution in [0.15, 0.2) is 42.9 Å². The Morgan fingerprint density at radius 1 is 1.05 bits per heavy atom. The Bertz CT molecular complexity index is 1550. The van der Waals surface area contributed by atoms with Crippen LogP contribution in [0.2, 0.25) is 0 Å². The van der Waals surface area contributed by atoms with Crippen molar-refractivity contribution in [1.82, 2.24) is 29.7 Å². The van der Waals surface area contributed by atoms with Crippen LogP contribution in [-0.4, -0.2) is 50.5 Å². The summed E-state index contributed by atoms with van der Waals surface area (Å²) >= 11 is 0. The van der Waals surface area contributed by atoms with Crippen molar-refractivity contribution in [3.63, 3.8) is 0 Å². The molecule has 1 saturated carbocycles. The molecule has 0 bridgehead atoms. The maximum atomic E-state index is 13.3. The van der Waals surface area contributed by atoms with Crippen LogP contribution in [0.4, 0.5) is 27.6 Å². The number of rotatable bonds is 10. The zero-order valence-electron chi connectivity index (χ0n) is 23.2. The van der Waals surface area contributed by atoms with Gasteiger partial charge in [0.25, 0.3) is 5.88 Å². The van der Waals surface area contributed by atoms with Crippen LogP contribution in [0.3, 0.4) is 0 Å². The number of imidazole rings is 1. The van der Waals surface area contributed by atoms with Gasteiger partial charge in [0.15, 0.2) is 5.69 Å². The SMILES string of the molecule is COc1ncnc(C2CC2)c1-c1cc(N(C)Cc2ccc(-c3nc(C(F)(F)F)cn3C(C)C)cc2)c(OC(F)F)nn1. The van der Waals surface area contributed by atoms with Crippen LogP contribution in [-0.2, 0) is 12.7 Å². The van der Waals surface area contributed by atoms with Crippen LogP contribution in [0.1, 0.15) is 55.6 Å². The molecule has 0 saturated heterocycles. The number of nitrogens with zero attached hydrogens (tertiary/aromatic N) is 7. The number of hydrogen-bond donors (Lipinski definition) is 0. The standard InChI is InChI=1S/C28H28F5N7O2/c1-15(2)40-13-21(28(31,32)33)36-24(40)18-7-5-16(6-8-18)12-39(3)20-11-19(37-38-25(20)42-27(29)30)22-23(17-9-10-17)34-14-35-26(22)41-4/h5-8,11,13-15,17,27H,9-10,12H2,1-4H3. The fourth-order valence-electron chi connectivity index (χ4n) is 4.63. The molecule has 3 heterocycles. The van der Waals surface area contributed by atoms with Crippen molar-refractivity contribution in [2.75, 3.05) is 19.1 Å². The van der Waals surface area contributed by atoms with E-state index in [4.69, 9.17) is 4.74 Å². The van der Waals surface area contributed by atoms with Crippen LogP contribution in [0.25, 0.3) is 22.6 Å². The number of aromatic nitrogens is 6. The van der Waals surface area contributed by atoms with E-state index >= 15 is 0 Å². The molecule has 0 aliphatic heterocycles. The van der Waals surface area contributed by atoms with E-state index in [0.717, 1.165) is 30.3 Å². The zero-order chi connectivity index (χ0) is 30.2. The lowest BCUT2D eigenvalue weighted by Crippen LogP contribution is -2.19. The summed E-state index contributed by atoms with van der Waals surface area (Å²) < 4.78 is 78.1. The van der Waals surface area contributed by atoms with E-state index in [1.165, 1.54) is 18.0 Å². The molecule has 9 nitrogen and oxygen atoms in total. The summed E-state index contributed by atoms with van der Waals surface area (Å²) in [4.78, 5) is 14.1. The smallest absolute Gasteiger partial charge is 0.434 e. The van der Waals surface area contributed by atoms with E-state index < -0.39 is 18.5 Å². The van der Waals surface area contributed by atoms with Crippen LogP contribution in [0, 0.1) is 0 Å². The lowest BCUT2D eigenvalue weighted by atomic mass is 10.1. The summed E-state index contributed by atoms with van der Waals surface area (Å²) in [5.74, 6) is 0.337. The zero-order valence-corrected chi connectivity index (χ0v) is 23.2. The Labute approximate surface area is 238 Å². The molecule has 0 radical (unpaired) electrons. The molecule has 0 amide bonds. The Kier molecular flexibility index (Phi) is 7.97. The molecule has 0 unspecified atom stereocenters. The number of benzene rings is 1. The summed E-state index contributed by atoms with van der Waals surface area (Å²) in [5.41, 5.74) is 2.15. The van der Waals surface area contributed by atoms with Crippen molar-refractivity contribution < 1.29 is 31.4 Å². The molecule has 1 aliphatic carbocycles. The number of ether oxygens (including phenoxy) is 2. The first-order chi connectivity index (χ1) is 20.0. The monoisotopic (exact) mass is 589 g/mol. The van der Waals surface area contributed by atoms with Gasteiger partial charge in [0.05, 0.1) is 18.4 Å². The highest BCUT2D eigenvalue weighted by atomic mass is 19.4. The first-order valence-electron chi connectivity index (χ1n) is 13.1. The maximum Gasteiger partial charge on any atom is 0.434 e. The molecular weight excluding hydrogens is 561 g/mol. The van der Waals surface area contributed by atoms with E-state index in [2.05, 4.69) is 29.9 Å². The minimum atomic E-state index is -4.57. The van der Waals surface area contributed by atoms with Crippen LogP contribution in [0.5, 0.6) is 11.8 Å². The fraction of sp³-hybridized carbons (Fsp3) is 0.393. The molecule has 0 N–H and O–H groups in total. The second-order valence-electron chi connectivity index (χ2n) is 10.2. The number of hydrogen-bond acceptors (Lipinski definition) is 8. The first-order valence-corrected chi connectivity index (χ1v) is 13.1. The van der Waals surface area contributed by atoms with Gasteiger partial charge < -0.3 is 18.9 Å². The van der Waals surface area contributed by atoms with Gasteiger partial charge in [-0.05, 0) is 38.3 Å². The van der Waals surface area contributed by atoms with Crippen molar-refractivity contribution in [3.8, 4) is 34.4 Å². The van der Waals surface area contributed by atoms with E-state index in [0.29, 0.717) is 22.7 Å². The van der Waals surface area contributed by atoms with Gasteiger partial charge in [-0.15, -0.1) is 10.2 Å². The largest absolute Gasteiger partial charge is 0.480 e. The molecule has 4 aromatic rings. The van der Waals surface area contributed by atoms with E-state index in [-0.39, 0.29) is 35.9 Å². The van der Waals surface area contributed by atoms with Gasteiger partial charge in [0.2, 0.25) is 5.88 Å². The van der Waals surface area contributed by atoms with Gasteiger partial charge in [0.1, 0.15) is 23.5 Å². The molecule has 5 rings (SSSR count). The third kappa shape index (κ3) is 6.11.